The number of hydrogen-bond acceptors (Lipinski definition) is 3. The summed E-state index contributed by atoms with van der Waals surface area (Å²) >= 11 is 19.0. The molecule has 0 saturated heterocycles. The highest BCUT2D eigenvalue weighted by molar-refractivity contribution is 7.98. The van der Waals surface area contributed by atoms with E-state index < -0.39 is 0 Å². The van der Waals surface area contributed by atoms with Gasteiger partial charge in [-0.2, -0.15) is 0 Å². The molecule has 0 aliphatic carbocycles. The fourth-order valence-electron chi connectivity index (χ4n) is 1.15. The van der Waals surface area contributed by atoms with Crippen LogP contribution in [0.25, 0.3) is 0 Å². The largest absolute Gasteiger partial charge is 0.248 e. The Morgan fingerprint density at radius 2 is 1.88 bits per heavy atom. The van der Waals surface area contributed by atoms with Gasteiger partial charge in [-0.1, -0.05) is 40.9 Å². The molecule has 2 aromatic rings. The Balaban J connectivity index is 2.04. The Labute approximate surface area is 118 Å². The molecule has 88 valence electrons. The molecular formula is C11H7Cl3N2S. The Bertz CT molecular complexity index is 517. The summed E-state index contributed by atoms with van der Waals surface area (Å²) in [6.45, 7) is 0. The fraction of sp³-hybridized carbons (Fsp3) is 0.0909. The van der Waals surface area contributed by atoms with Crippen molar-refractivity contribution in [1.82, 2.24) is 9.97 Å². The van der Waals surface area contributed by atoms with Crippen LogP contribution in [-0.2, 0) is 5.75 Å². The van der Waals surface area contributed by atoms with Crippen molar-refractivity contribution in [1.29, 1.82) is 0 Å². The van der Waals surface area contributed by atoms with E-state index >= 15 is 0 Å². The van der Waals surface area contributed by atoms with Gasteiger partial charge < -0.3 is 0 Å². The third-order valence-corrected chi connectivity index (χ3v) is 3.72. The number of rotatable bonds is 3. The molecule has 2 nitrogen and oxygen atoms in total. The molecule has 0 unspecified atom stereocenters. The molecule has 0 atom stereocenters. The second kappa shape index (κ2) is 5.91. The summed E-state index contributed by atoms with van der Waals surface area (Å²) in [5.74, 6) is 0.692. The summed E-state index contributed by atoms with van der Waals surface area (Å²) in [5.41, 5.74) is 0.929. The molecule has 0 saturated carbocycles. The number of thioether (sulfide) groups is 1. The minimum Gasteiger partial charge on any atom is -0.248 e. The van der Waals surface area contributed by atoms with Crippen LogP contribution in [0.1, 0.15) is 5.56 Å². The third-order valence-electron chi connectivity index (χ3n) is 1.97. The van der Waals surface area contributed by atoms with E-state index in [1.807, 2.05) is 12.1 Å². The Morgan fingerprint density at radius 3 is 2.53 bits per heavy atom. The highest BCUT2D eigenvalue weighted by Crippen LogP contribution is 2.26. The van der Waals surface area contributed by atoms with Crippen LogP contribution in [0.4, 0.5) is 0 Å². The van der Waals surface area contributed by atoms with Crippen LogP contribution < -0.4 is 0 Å². The van der Waals surface area contributed by atoms with Gasteiger partial charge in [0, 0.05) is 11.9 Å². The first kappa shape index (κ1) is 13.0. The SMILES string of the molecule is Clc1ccc(SCc2ccc(Cl)nc2Cl)nc1. The van der Waals surface area contributed by atoms with Crippen LogP contribution in [-0.4, -0.2) is 9.97 Å². The minimum absolute atomic E-state index is 0.397. The van der Waals surface area contributed by atoms with Crippen LogP contribution in [0.15, 0.2) is 35.5 Å². The van der Waals surface area contributed by atoms with Crippen molar-refractivity contribution in [3.05, 3.63) is 51.4 Å². The van der Waals surface area contributed by atoms with E-state index in [0.717, 1.165) is 10.6 Å². The minimum atomic E-state index is 0.397. The van der Waals surface area contributed by atoms with Crippen molar-refractivity contribution in [2.45, 2.75) is 10.8 Å². The van der Waals surface area contributed by atoms with Crippen molar-refractivity contribution in [3.63, 3.8) is 0 Å². The summed E-state index contributed by atoms with van der Waals surface area (Å²) in [4.78, 5) is 8.16. The summed E-state index contributed by atoms with van der Waals surface area (Å²) in [6, 6.07) is 7.25. The molecule has 2 rings (SSSR count). The van der Waals surface area contributed by atoms with Crippen LogP contribution in [0.2, 0.25) is 15.3 Å². The molecule has 0 bridgehead atoms. The molecule has 17 heavy (non-hydrogen) atoms. The standard InChI is InChI=1S/C11H7Cl3N2S/c12-8-2-4-10(15-5-8)17-6-7-1-3-9(13)16-11(7)14/h1-5H,6H2. The van der Waals surface area contributed by atoms with E-state index in [2.05, 4.69) is 9.97 Å². The zero-order chi connectivity index (χ0) is 12.3. The van der Waals surface area contributed by atoms with Crippen molar-refractivity contribution >= 4 is 46.6 Å². The highest BCUT2D eigenvalue weighted by atomic mass is 35.5. The lowest BCUT2D eigenvalue weighted by Gasteiger charge is -2.03. The zero-order valence-corrected chi connectivity index (χ0v) is 11.6. The van der Waals surface area contributed by atoms with Gasteiger partial charge in [0.2, 0.25) is 0 Å². The van der Waals surface area contributed by atoms with Gasteiger partial charge in [-0.25, -0.2) is 9.97 Å². The number of pyridine rings is 2. The highest BCUT2D eigenvalue weighted by Gasteiger charge is 2.04. The van der Waals surface area contributed by atoms with Crippen LogP contribution >= 0.6 is 46.6 Å². The van der Waals surface area contributed by atoms with Gasteiger partial charge in [-0.15, -0.1) is 11.8 Å². The summed E-state index contributed by atoms with van der Waals surface area (Å²) in [6.07, 6.45) is 1.62. The molecule has 0 amide bonds. The van der Waals surface area contributed by atoms with Crippen molar-refractivity contribution in [3.8, 4) is 0 Å². The predicted molar refractivity (Wildman–Crippen MR) is 73.1 cm³/mol. The Morgan fingerprint density at radius 1 is 1.06 bits per heavy atom. The average molecular weight is 306 g/mol. The first-order chi connectivity index (χ1) is 8.15. The average Bonchev–Trinajstić information content (AvgIpc) is 2.30. The van der Waals surface area contributed by atoms with Crippen molar-refractivity contribution < 1.29 is 0 Å². The molecule has 2 heterocycles. The van der Waals surface area contributed by atoms with Crippen LogP contribution in [0.5, 0.6) is 0 Å². The number of halogens is 3. The summed E-state index contributed by atoms with van der Waals surface area (Å²) in [5, 5.41) is 2.34. The van der Waals surface area contributed by atoms with Gasteiger partial charge in [0.25, 0.3) is 0 Å². The predicted octanol–water partition coefficient (Wildman–Crippen LogP) is 4.73. The second-order valence-electron chi connectivity index (χ2n) is 3.19. The van der Waals surface area contributed by atoms with Crippen LogP contribution in [0.3, 0.4) is 0 Å². The lowest BCUT2D eigenvalue weighted by Crippen LogP contribution is -1.87. The first-order valence-corrected chi connectivity index (χ1v) is 6.82. The molecule has 0 N–H and O–H groups in total. The zero-order valence-electron chi connectivity index (χ0n) is 8.53. The maximum atomic E-state index is 5.97. The molecule has 0 aliphatic rings. The van der Waals surface area contributed by atoms with E-state index in [9.17, 15) is 0 Å². The number of hydrogen-bond donors (Lipinski definition) is 0. The molecule has 0 spiro atoms. The molecule has 0 aliphatic heterocycles. The van der Waals surface area contributed by atoms with Gasteiger partial charge >= 0.3 is 0 Å². The summed E-state index contributed by atoms with van der Waals surface area (Å²) in [7, 11) is 0. The molecule has 0 fully saturated rings. The topological polar surface area (TPSA) is 25.8 Å². The van der Waals surface area contributed by atoms with Gasteiger partial charge in [0.15, 0.2) is 0 Å². The van der Waals surface area contributed by atoms with Gasteiger partial charge in [-0.3, -0.25) is 0 Å². The van der Waals surface area contributed by atoms with Gasteiger partial charge in [0.1, 0.15) is 10.3 Å². The monoisotopic (exact) mass is 304 g/mol. The Hall–Kier alpha value is -0.480. The number of aromatic nitrogens is 2. The Kier molecular flexibility index (Phi) is 4.51. The maximum absolute atomic E-state index is 5.97. The normalized spacial score (nSPS) is 10.5. The van der Waals surface area contributed by atoms with Crippen molar-refractivity contribution in [2.75, 3.05) is 0 Å². The smallest absolute Gasteiger partial charge is 0.134 e. The third kappa shape index (κ3) is 3.75. The first-order valence-electron chi connectivity index (χ1n) is 4.70. The maximum Gasteiger partial charge on any atom is 0.134 e. The molecule has 6 heteroatoms. The molecule has 0 aromatic carbocycles. The van der Waals surface area contributed by atoms with Gasteiger partial charge in [0.05, 0.1) is 10.0 Å². The van der Waals surface area contributed by atoms with Crippen LogP contribution in [0, 0.1) is 0 Å². The quantitative estimate of drug-likeness (QED) is 0.605. The van der Waals surface area contributed by atoms with E-state index in [0.29, 0.717) is 21.1 Å². The molecular weight excluding hydrogens is 299 g/mol. The summed E-state index contributed by atoms with van der Waals surface area (Å²) < 4.78 is 0. The molecule has 2 aromatic heterocycles. The van der Waals surface area contributed by atoms with E-state index in [1.165, 1.54) is 0 Å². The van der Waals surface area contributed by atoms with Crippen molar-refractivity contribution in [2.24, 2.45) is 0 Å². The molecule has 0 radical (unpaired) electrons. The van der Waals surface area contributed by atoms with E-state index in [4.69, 9.17) is 34.8 Å². The number of nitrogens with zero attached hydrogens (tertiary/aromatic N) is 2. The lowest BCUT2D eigenvalue weighted by molar-refractivity contribution is 1.13. The second-order valence-corrected chi connectivity index (χ2v) is 5.36. The lowest BCUT2D eigenvalue weighted by atomic mass is 10.3. The van der Waals surface area contributed by atoms with Gasteiger partial charge in [-0.05, 0) is 23.8 Å². The van der Waals surface area contributed by atoms with E-state index in [1.54, 1.807) is 30.1 Å². The fourth-order valence-corrected chi connectivity index (χ4v) is 2.58. The van der Waals surface area contributed by atoms with E-state index in [-0.39, 0.29) is 0 Å².